The Morgan fingerprint density at radius 1 is 1.00 bits per heavy atom. The summed E-state index contributed by atoms with van der Waals surface area (Å²) in [5, 5.41) is 8.86. The van der Waals surface area contributed by atoms with E-state index < -0.39 is 0 Å². The van der Waals surface area contributed by atoms with Crippen molar-refractivity contribution in [2.75, 3.05) is 0 Å². The molecule has 3 rings (SSSR count). The van der Waals surface area contributed by atoms with Gasteiger partial charge in [0.25, 0.3) is 0 Å². The Morgan fingerprint density at radius 2 is 1.81 bits per heavy atom. The summed E-state index contributed by atoms with van der Waals surface area (Å²) in [6.07, 6.45) is 11.4. The second kappa shape index (κ2) is 5.92. The van der Waals surface area contributed by atoms with Gasteiger partial charge in [-0.15, -0.1) is 10.2 Å². The average molecular weight is 277 g/mol. The summed E-state index contributed by atoms with van der Waals surface area (Å²) in [5.74, 6) is 2.24. The number of aromatic nitrogens is 3. The first-order valence-corrected chi connectivity index (χ1v) is 7.31. The summed E-state index contributed by atoms with van der Waals surface area (Å²) < 4.78 is 2.19. The molecule has 21 heavy (non-hydrogen) atoms. The van der Waals surface area contributed by atoms with E-state index in [1.165, 1.54) is 5.70 Å². The minimum absolute atomic E-state index is 0.326. The Labute approximate surface area is 125 Å². The summed E-state index contributed by atoms with van der Waals surface area (Å²) in [5.41, 5.74) is 2.29. The monoisotopic (exact) mass is 277 g/mol. The topological polar surface area (TPSA) is 30.7 Å². The van der Waals surface area contributed by atoms with Crippen LogP contribution in [0.4, 0.5) is 0 Å². The highest BCUT2D eigenvalue weighted by atomic mass is 15.3. The van der Waals surface area contributed by atoms with E-state index in [2.05, 4.69) is 71.1 Å². The van der Waals surface area contributed by atoms with Crippen molar-refractivity contribution in [2.45, 2.75) is 26.2 Å². The highest BCUT2D eigenvalue weighted by Crippen LogP contribution is 2.28. The molecule has 1 aromatic carbocycles. The van der Waals surface area contributed by atoms with Crippen molar-refractivity contribution in [1.82, 2.24) is 14.8 Å². The van der Waals surface area contributed by atoms with Gasteiger partial charge in [-0.25, -0.2) is 0 Å². The average Bonchev–Trinajstić information content (AvgIpc) is 2.77. The molecule has 0 fully saturated rings. The van der Waals surface area contributed by atoms with Gasteiger partial charge in [-0.05, 0) is 6.08 Å². The molecule has 1 aromatic heterocycles. The summed E-state index contributed by atoms with van der Waals surface area (Å²) in [7, 11) is 0. The Kier molecular flexibility index (Phi) is 3.82. The number of nitrogens with zero attached hydrogens (tertiary/aromatic N) is 3. The van der Waals surface area contributed by atoms with E-state index in [4.69, 9.17) is 0 Å². The van der Waals surface area contributed by atoms with E-state index in [-0.39, 0.29) is 0 Å². The summed E-state index contributed by atoms with van der Waals surface area (Å²) in [6.45, 7) is 4.30. The highest BCUT2D eigenvalue weighted by molar-refractivity contribution is 5.64. The molecule has 0 aliphatic heterocycles. The van der Waals surface area contributed by atoms with E-state index in [1.807, 2.05) is 18.2 Å². The lowest BCUT2D eigenvalue weighted by atomic mass is 10.1. The lowest BCUT2D eigenvalue weighted by molar-refractivity contribution is 0.747. The summed E-state index contributed by atoms with van der Waals surface area (Å²) >= 11 is 0. The standard InChI is InChI=1S/C18H19N3/c1-14(2)17-19-20-18(15-10-6-5-7-11-15)21(17)16-12-8-3-4-9-13-16/h3-12,14H,13H2,1-2H3. The maximum atomic E-state index is 4.44. The van der Waals surface area contributed by atoms with Crippen LogP contribution in [0.1, 0.15) is 32.0 Å². The SMILES string of the molecule is CC(C)c1nnc(-c2ccccc2)n1C1=CC=CC=CC1. The van der Waals surface area contributed by atoms with E-state index in [0.29, 0.717) is 5.92 Å². The van der Waals surface area contributed by atoms with Crippen LogP contribution in [0.15, 0.2) is 60.7 Å². The van der Waals surface area contributed by atoms with Crippen LogP contribution in [-0.2, 0) is 0 Å². The molecule has 1 aliphatic carbocycles. The van der Waals surface area contributed by atoms with Crippen LogP contribution < -0.4 is 0 Å². The maximum absolute atomic E-state index is 4.44. The molecule has 0 saturated carbocycles. The molecular formula is C18H19N3. The Bertz CT molecular complexity index is 703. The molecule has 0 saturated heterocycles. The maximum Gasteiger partial charge on any atom is 0.168 e. The molecule has 0 bridgehead atoms. The van der Waals surface area contributed by atoms with Crippen molar-refractivity contribution in [3.63, 3.8) is 0 Å². The van der Waals surface area contributed by atoms with Gasteiger partial charge in [0.2, 0.25) is 0 Å². The Balaban J connectivity index is 2.16. The van der Waals surface area contributed by atoms with Gasteiger partial charge < -0.3 is 0 Å². The fourth-order valence-corrected chi connectivity index (χ4v) is 2.46. The van der Waals surface area contributed by atoms with Gasteiger partial charge in [-0.2, -0.15) is 0 Å². The van der Waals surface area contributed by atoms with Gasteiger partial charge in [0.05, 0.1) is 0 Å². The molecule has 0 unspecified atom stereocenters. The first-order chi connectivity index (χ1) is 10.3. The molecule has 0 N–H and O–H groups in total. The van der Waals surface area contributed by atoms with Crippen molar-refractivity contribution in [1.29, 1.82) is 0 Å². The van der Waals surface area contributed by atoms with Gasteiger partial charge in [0.1, 0.15) is 5.82 Å². The minimum Gasteiger partial charge on any atom is -0.282 e. The molecule has 0 radical (unpaired) electrons. The zero-order valence-electron chi connectivity index (χ0n) is 12.4. The van der Waals surface area contributed by atoms with Crippen molar-refractivity contribution in [3.8, 4) is 11.4 Å². The predicted molar refractivity (Wildman–Crippen MR) is 86.7 cm³/mol. The fraction of sp³-hybridized carbons (Fsp3) is 0.222. The minimum atomic E-state index is 0.326. The smallest absolute Gasteiger partial charge is 0.168 e. The van der Waals surface area contributed by atoms with Crippen molar-refractivity contribution < 1.29 is 0 Å². The molecule has 2 aromatic rings. The van der Waals surface area contributed by atoms with Gasteiger partial charge in [0.15, 0.2) is 5.82 Å². The van der Waals surface area contributed by atoms with Crippen molar-refractivity contribution in [3.05, 3.63) is 66.5 Å². The van der Waals surface area contributed by atoms with Crippen LogP contribution >= 0.6 is 0 Å². The second-order valence-electron chi connectivity index (χ2n) is 5.41. The first kappa shape index (κ1) is 13.6. The molecule has 3 nitrogen and oxygen atoms in total. The fourth-order valence-electron chi connectivity index (χ4n) is 2.46. The zero-order chi connectivity index (χ0) is 14.7. The van der Waals surface area contributed by atoms with E-state index in [1.54, 1.807) is 0 Å². The highest BCUT2D eigenvalue weighted by Gasteiger charge is 2.18. The van der Waals surface area contributed by atoms with Gasteiger partial charge in [-0.3, -0.25) is 4.57 Å². The lowest BCUT2D eigenvalue weighted by Crippen LogP contribution is -2.06. The quantitative estimate of drug-likeness (QED) is 0.831. The third-order valence-electron chi connectivity index (χ3n) is 3.50. The molecule has 3 heteroatoms. The molecule has 106 valence electrons. The number of hydrogen-bond donors (Lipinski definition) is 0. The molecule has 1 aliphatic rings. The normalized spacial score (nSPS) is 14.3. The van der Waals surface area contributed by atoms with E-state index in [9.17, 15) is 0 Å². The summed E-state index contributed by atoms with van der Waals surface area (Å²) in [6, 6.07) is 10.2. The van der Waals surface area contributed by atoms with Crippen LogP contribution in [0.5, 0.6) is 0 Å². The lowest BCUT2D eigenvalue weighted by Gasteiger charge is -2.14. The van der Waals surface area contributed by atoms with Crippen LogP contribution in [0, 0.1) is 0 Å². The molecule has 1 heterocycles. The van der Waals surface area contributed by atoms with Gasteiger partial charge >= 0.3 is 0 Å². The Hall–Kier alpha value is -2.42. The van der Waals surface area contributed by atoms with Crippen LogP contribution in [0.2, 0.25) is 0 Å². The molecule has 0 amide bonds. The molecule has 0 spiro atoms. The number of benzene rings is 1. The van der Waals surface area contributed by atoms with E-state index >= 15 is 0 Å². The van der Waals surface area contributed by atoms with Crippen molar-refractivity contribution in [2.24, 2.45) is 0 Å². The number of rotatable bonds is 3. The van der Waals surface area contributed by atoms with Crippen LogP contribution in [-0.4, -0.2) is 14.8 Å². The van der Waals surface area contributed by atoms with Crippen LogP contribution in [0.3, 0.4) is 0 Å². The van der Waals surface area contributed by atoms with E-state index in [0.717, 1.165) is 23.6 Å². The largest absolute Gasteiger partial charge is 0.282 e. The number of hydrogen-bond acceptors (Lipinski definition) is 2. The van der Waals surface area contributed by atoms with Gasteiger partial charge in [-0.1, -0.05) is 68.5 Å². The van der Waals surface area contributed by atoms with Crippen molar-refractivity contribution >= 4 is 5.70 Å². The third-order valence-corrected chi connectivity index (χ3v) is 3.50. The predicted octanol–water partition coefficient (Wildman–Crippen LogP) is 4.43. The van der Waals surface area contributed by atoms with Gasteiger partial charge in [0, 0.05) is 23.6 Å². The van der Waals surface area contributed by atoms with Crippen LogP contribution in [0.25, 0.3) is 17.1 Å². The molecule has 0 atom stereocenters. The number of allylic oxidation sites excluding steroid dienone is 6. The third kappa shape index (κ3) is 2.72. The molecular weight excluding hydrogens is 258 g/mol. The zero-order valence-corrected chi connectivity index (χ0v) is 12.4. The second-order valence-corrected chi connectivity index (χ2v) is 5.41. The first-order valence-electron chi connectivity index (χ1n) is 7.31. The summed E-state index contributed by atoms with van der Waals surface area (Å²) in [4.78, 5) is 0. The Morgan fingerprint density at radius 3 is 2.57 bits per heavy atom.